The second kappa shape index (κ2) is 7.13. The smallest absolute Gasteiger partial charge is 0.227 e. The normalized spacial score (nSPS) is 11.6. The molecule has 0 spiro atoms. The van der Waals surface area contributed by atoms with Crippen molar-refractivity contribution in [1.82, 2.24) is 4.98 Å². The Hall–Kier alpha value is -3.85. The second-order valence-corrected chi connectivity index (χ2v) is 7.89. The van der Waals surface area contributed by atoms with Crippen LogP contribution in [0.15, 0.2) is 93.8 Å². The van der Waals surface area contributed by atoms with Crippen LogP contribution in [0.3, 0.4) is 0 Å². The molecule has 0 unspecified atom stereocenters. The van der Waals surface area contributed by atoms with E-state index >= 15 is 0 Å². The van der Waals surface area contributed by atoms with Crippen LogP contribution >= 0.6 is 0 Å². The molecule has 4 aromatic carbocycles. The number of benzene rings is 4. The zero-order valence-corrected chi connectivity index (χ0v) is 17.3. The van der Waals surface area contributed by atoms with E-state index in [2.05, 4.69) is 67.6 Å². The number of nitrogens with zero attached hydrogens (tertiary/aromatic N) is 1. The second-order valence-electron chi connectivity index (χ2n) is 7.89. The summed E-state index contributed by atoms with van der Waals surface area (Å²) < 4.78 is 12.4. The maximum atomic E-state index is 6.20. The molecule has 0 atom stereocenters. The Morgan fingerprint density at radius 1 is 0.677 bits per heavy atom. The lowest BCUT2D eigenvalue weighted by atomic mass is 10.0. The van der Waals surface area contributed by atoms with E-state index in [1.54, 1.807) is 0 Å². The molecule has 0 amide bonds. The SMILES string of the molecule is CCCc1cccc2nc(-c3ccc(-c4cccc5c4oc4ccccc45)cc3)oc12. The van der Waals surface area contributed by atoms with E-state index in [1.165, 1.54) is 5.56 Å². The molecule has 0 bridgehead atoms. The fourth-order valence-corrected chi connectivity index (χ4v) is 4.36. The molecule has 0 radical (unpaired) electrons. The van der Waals surface area contributed by atoms with E-state index in [0.29, 0.717) is 5.89 Å². The molecule has 0 saturated heterocycles. The van der Waals surface area contributed by atoms with E-state index in [-0.39, 0.29) is 0 Å². The first-order valence-electron chi connectivity index (χ1n) is 10.7. The summed E-state index contributed by atoms with van der Waals surface area (Å²) in [6, 6.07) is 29.0. The van der Waals surface area contributed by atoms with Gasteiger partial charge in [0.25, 0.3) is 0 Å². The van der Waals surface area contributed by atoms with Crippen LogP contribution in [0.2, 0.25) is 0 Å². The van der Waals surface area contributed by atoms with Gasteiger partial charge in [0.05, 0.1) is 0 Å². The summed E-state index contributed by atoms with van der Waals surface area (Å²) in [7, 11) is 0. The highest BCUT2D eigenvalue weighted by molar-refractivity contribution is 6.09. The Labute approximate surface area is 179 Å². The molecule has 31 heavy (non-hydrogen) atoms. The molecular formula is C28H21NO2. The fourth-order valence-electron chi connectivity index (χ4n) is 4.36. The van der Waals surface area contributed by atoms with E-state index in [9.17, 15) is 0 Å². The van der Waals surface area contributed by atoms with Crippen LogP contribution in [-0.2, 0) is 6.42 Å². The molecule has 0 aliphatic heterocycles. The lowest BCUT2D eigenvalue weighted by Gasteiger charge is -2.04. The molecule has 6 aromatic rings. The number of aryl methyl sites for hydroxylation is 1. The van der Waals surface area contributed by atoms with Crippen LogP contribution in [0.5, 0.6) is 0 Å². The zero-order chi connectivity index (χ0) is 20.8. The first-order valence-corrected chi connectivity index (χ1v) is 10.7. The van der Waals surface area contributed by atoms with Crippen LogP contribution in [0, 0.1) is 0 Å². The molecule has 2 heterocycles. The van der Waals surface area contributed by atoms with Crippen molar-refractivity contribution in [2.45, 2.75) is 19.8 Å². The minimum absolute atomic E-state index is 0.659. The van der Waals surface area contributed by atoms with Gasteiger partial charge in [-0.15, -0.1) is 0 Å². The highest BCUT2D eigenvalue weighted by Gasteiger charge is 2.14. The standard InChI is InChI=1S/C28H21NO2/c1-2-7-19-8-5-12-24-26(19)31-28(29-24)20-16-14-18(15-17-20)21-10-6-11-23-22-9-3-4-13-25(22)30-27(21)23/h3-6,8-17H,2,7H2,1H3. The van der Waals surface area contributed by atoms with Crippen molar-refractivity contribution >= 4 is 33.0 Å². The number of hydrogen-bond acceptors (Lipinski definition) is 3. The van der Waals surface area contributed by atoms with Crippen molar-refractivity contribution in [3.63, 3.8) is 0 Å². The average molecular weight is 403 g/mol. The largest absolute Gasteiger partial charge is 0.455 e. The first kappa shape index (κ1) is 18.0. The molecule has 0 fully saturated rings. The van der Waals surface area contributed by atoms with E-state index in [1.807, 2.05) is 24.3 Å². The van der Waals surface area contributed by atoms with Gasteiger partial charge in [-0.25, -0.2) is 4.98 Å². The van der Waals surface area contributed by atoms with Gasteiger partial charge in [-0.2, -0.15) is 0 Å². The molecule has 0 N–H and O–H groups in total. The Balaban J connectivity index is 1.42. The van der Waals surface area contributed by atoms with Crippen molar-refractivity contribution in [3.8, 4) is 22.6 Å². The van der Waals surface area contributed by atoms with Gasteiger partial charge in [0.15, 0.2) is 5.58 Å². The van der Waals surface area contributed by atoms with E-state index in [4.69, 9.17) is 13.8 Å². The van der Waals surface area contributed by atoms with Crippen LogP contribution in [0.25, 0.3) is 55.6 Å². The van der Waals surface area contributed by atoms with Gasteiger partial charge in [-0.1, -0.05) is 74.0 Å². The molecule has 3 nitrogen and oxygen atoms in total. The molecular weight excluding hydrogens is 382 g/mol. The third-order valence-corrected chi connectivity index (χ3v) is 5.86. The van der Waals surface area contributed by atoms with Crippen molar-refractivity contribution in [2.75, 3.05) is 0 Å². The van der Waals surface area contributed by atoms with Crippen LogP contribution < -0.4 is 0 Å². The van der Waals surface area contributed by atoms with Crippen molar-refractivity contribution in [1.29, 1.82) is 0 Å². The number of para-hydroxylation sites is 3. The monoisotopic (exact) mass is 403 g/mol. The highest BCUT2D eigenvalue weighted by atomic mass is 16.3. The van der Waals surface area contributed by atoms with Gasteiger partial charge < -0.3 is 8.83 Å². The summed E-state index contributed by atoms with van der Waals surface area (Å²) in [6.45, 7) is 2.18. The van der Waals surface area contributed by atoms with Crippen molar-refractivity contribution in [2.24, 2.45) is 0 Å². The zero-order valence-electron chi connectivity index (χ0n) is 17.3. The van der Waals surface area contributed by atoms with Gasteiger partial charge in [-0.05, 0) is 41.8 Å². The number of hydrogen-bond donors (Lipinski definition) is 0. The first-order chi connectivity index (χ1) is 15.3. The lowest BCUT2D eigenvalue weighted by molar-refractivity contribution is 0.614. The molecule has 0 aliphatic carbocycles. The molecule has 3 heteroatoms. The van der Waals surface area contributed by atoms with Crippen LogP contribution in [0.4, 0.5) is 0 Å². The maximum absolute atomic E-state index is 6.20. The maximum Gasteiger partial charge on any atom is 0.227 e. The number of aromatic nitrogens is 1. The van der Waals surface area contributed by atoms with Crippen LogP contribution in [0.1, 0.15) is 18.9 Å². The number of rotatable bonds is 4. The molecule has 0 aliphatic rings. The lowest BCUT2D eigenvalue weighted by Crippen LogP contribution is -1.82. The number of fused-ring (bicyclic) bond motifs is 4. The fraction of sp³-hybridized carbons (Fsp3) is 0.107. The summed E-state index contributed by atoms with van der Waals surface area (Å²) in [4.78, 5) is 4.72. The Kier molecular flexibility index (Phi) is 4.13. The summed E-state index contributed by atoms with van der Waals surface area (Å²) in [5.41, 5.74) is 8.02. The minimum atomic E-state index is 0.659. The summed E-state index contributed by atoms with van der Waals surface area (Å²) >= 11 is 0. The Morgan fingerprint density at radius 3 is 2.32 bits per heavy atom. The average Bonchev–Trinajstić information content (AvgIpc) is 3.42. The minimum Gasteiger partial charge on any atom is -0.455 e. The van der Waals surface area contributed by atoms with E-state index < -0.39 is 0 Å². The van der Waals surface area contributed by atoms with E-state index in [0.717, 1.165) is 62.6 Å². The van der Waals surface area contributed by atoms with Gasteiger partial charge in [-0.3, -0.25) is 0 Å². The molecule has 6 rings (SSSR count). The van der Waals surface area contributed by atoms with Gasteiger partial charge in [0.2, 0.25) is 5.89 Å². The Morgan fingerprint density at radius 2 is 1.45 bits per heavy atom. The predicted octanol–water partition coefficient (Wildman–Crippen LogP) is 8.01. The number of oxazole rings is 1. The topological polar surface area (TPSA) is 39.2 Å². The Bertz CT molecular complexity index is 1540. The van der Waals surface area contributed by atoms with Crippen molar-refractivity contribution in [3.05, 3.63) is 90.5 Å². The highest BCUT2D eigenvalue weighted by Crippen LogP contribution is 2.36. The predicted molar refractivity (Wildman–Crippen MR) is 126 cm³/mol. The van der Waals surface area contributed by atoms with Crippen LogP contribution in [-0.4, -0.2) is 4.98 Å². The summed E-state index contributed by atoms with van der Waals surface area (Å²) in [5.74, 6) is 0.659. The molecule has 150 valence electrons. The van der Waals surface area contributed by atoms with Gasteiger partial charge >= 0.3 is 0 Å². The quantitative estimate of drug-likeness (QED) is 0.299. The molecule has 2 aromatic heterocycles. The molecule has 0 saturated carbocycles. The summed E-state index contributed by atoms with van der Waals surface area (Å²) in [5, 5.41) is 2.28. The number of furan rings is 1. The van der Waals surface area contributed by atoms with Crippen molar-refractivity contribution < 1.29 is 8.83 Å². The van der Waals surface area contributed by atoms with Gasteiger partial charge in [0.1, 0.15) is 16.7 Å². The third-order valence-electron chi connectivity index (χ3n) is 5.86. The van der Waals surface area contributed by atoms with Gasteiger partial charge in [0, 0.05) is 21.9 Å². The third kappa shape index (κ3) is 2.93. The summed E-state index contributed by atoms with van der Waals surface area (Å²) in [6.07, 6.45) is 2.07.